The molecule has 0 aliphatic rings. The van der Waals surface area contributed by atoms with Crippen LogP contribution in [0, 0.1) is 0 Å². The van der Waals surface area contributed by atoms with Gasteiger partial charge in [0.2, 0.25) is 0 Å². The first kappa shape index (κ1) is 19.4. The van der Waals surface area contributed by atoms with Crippen molar-refractivity contribution in [2.45, 2.75) is 13.5 Å². The number of rotatable bonds is 8. The van der Waals surface area contributed by atoms with Gasteiger partial charge in [0.15, 0.2) is 17.3 Å². The van der Waals surface area contributed by atoms with Crippen LogP contribution in [0.4, 0.5) is 0 Å². The molecule has 4 aromatic rings. The molecule has 6 nitrogen and oxygen atoms in total. The lowest BCUT2D eigenvalue weighted by atomic mass is 10.2. The molecule has 30 heavy (non-hydrogen) atoms. The molecule has 0 unspecified atom stereocenters. The normalized spacial score (nSPS) is 11.0. The van der Waals surface area contributed by atoms with Crippen LogP contribution < -0.4 is 9.47 Å². The maximum atomic E-state index is 5.96. The Hall–Kier alpha value is -3.93. The Balaban J connectivity index is 1.52. The minimum absolute atomic E-state index is 0.482. The van der Waals surface area contributed by atoms with E-state index in [9.17, 15) is 0 Å². The summed E-state index contributed by atoms with van der Waals surface area (Å²) in [7, 11) is 0. The van der Waals surface area contributed by atoms with Gasteiger partial charge in [-0.05, 0) is 36.2 Å². The summed E-state index contributed by atoms with van der Waals surface area (Å²) in [6.07, 6.45) is 3.33. The van der Waals surface area contributed by atoms with E-state index in [0.717, 1.165) is 16.7 Å². The van der Waals surface area contributed by atoms with Crippen molar-refractivity contribution in [3.8, 4) is 22.9 Å². The highest BCUT2D eigenvalue weighted by Gasteiger charge is 2.08. The molecule has 0 radical (unpaired) electrons. The van der Waals surface area contributed by atoms with E-state index in [0.29, 0.717) is 30.5 Å². The standard InChI is InChI=1S/C24H22N4O2/c1-2-29-23-15-20(13-14-22(23)30-17-19-9-5-3-6-10-19)16-26-28-18-25-27-24(28)21-11-7-4-8-12-21/h3-16,18H,2,17H2,1H3/b26-16-. The van der Waals surface area contributed by atoms with Gasteiger partial charge in [-0.15, -0.1) is 10.2 Å². The molecule has 0 fully saturated rings. The molecule has 0 saturated carbocycles. The van der Waals surface area contributed by atoms with Gasteiger partial charge in [-0.1, -0.05) is 60.7 Å². The summed E-state index contributed by atoms with van der Waals surface area (Å²) in [6.45, 7) is 2.98. The van der Waals surface area contributed by atoms with Gasteiger partial charge in [-0.2, -0.15) is 9.78 Å². The second kappa shape index (κ2) is 9.52. The van der Waals surface area contributed by atoms with E-state index in [1.807, 2.05) is 85.8 Å². The third-order valence-electron chi connectivity index (χ3n) is 4.40. The number of benzene rings is 3. The molecule has 3 aromatic carbocycles. The number of aromatic nitrogens is 3. The van der Waals surface area contributed by atoms with Crippen molar-refractivity contribution in [3.05, 3.63) is 96.3 Å². The fraction of sp³-hybridized carbons (Fsp3) is 0.125. The van der Waals surface area contributed by atoms with Crippen LogP contribution in [-0.2, 0) is 6.61 Å². The summed E-state index contributed by atoms with van der Waals surface area (Å²) in [5.41, 5.74) is 2.94. The molecule has 0 aliphatic heterocycles. The zero-order chi connectivity index (χ0) is 20.6. The van der Waals surface area contributed by atoms with Crippen LogP contribution in [0.25, 0.3) is 11.4 Å². The molecule has 0 atom stereocenters. The molecule has 0 N–H and O–H groups in total. The maximum Gasteiger partial charge on any atom is 0.184 e. The van der Waals surface area contributed by atoms with E-state index in [1.54, 1.807) is 17.2 Å². The van der Waals surface area contributed by atoms with Crippen molar-refractivity contribution < 1.29 is 9.47 Å². The van der Waals surface area contributed by atoms with Crippen molar-refractivity contribution in [2.24, 2.45) is 5.10 Å². The summed E-state index contributed by atoms with van der Waals surface area (Å²) in [5.74, 6) is 2.07. The fourth-order valence-electron chi connectivity index (χ4n) is 2.95. The maximum absolute atomic E-state index is 5.96. The molecule has 6 heteroatoms. The summed E-state index contributed by atoms with van der Waals surface area (Å²) in [6, 6.07) is 25.6. The lowest BCUT2D eigenvalue weighted by Gasteiger charge is -2.12. The van der Waals surface area contributed by atoms with Crippen LogP contribution in [0.5, 0.6) is 11.5 Å². The highest BCUT2D eigenvalue weighted by molar-refractivity contribution is 5.81. The van der Waals surface area contributed by atoms with Gasteiger partial charge in [-0.3, -0.25) is 0 Å². The lowest BCUT2D eigenvalue weighted by molar-refractivity contribution is 0.269. The molecular weight excluding hydrogens is 376 g/mol. The first-order valence-electron chi connectivity index (χ1n) is 9.77. The van der Waals surface area contributed by atoms with Gasteiger partial charge in [0, 0.05) is 5.56 Å². The molecule has 150 valence electrons. The summed E-state index contributed by atoms with van der Waals surface area (Å²) in [4.78, 5) is 0. The van der Waals surface area contributed by atoms with E-state index >= 15 is 0 Å². The Labute approximate surface area is 175 Å². The van der Waals surface area contributed by atoms with Gasteiger partial charge in [0.25, 0.3) is 0 Å². The minimum atomic E-state index is 0.482. The fourth-order valence-corrected chi connectivity index (χ4v) is 2.95. The second-order valence-electron chi connectivity index (χ2n) is 6.52. The molecule has 0 aliphatic carbocycles. The highest BCUT2D eigenvalue weighted by Crippen LogP contribution is 2.29. The number of nitrogens with zero attached hydrogens (tertiary/aromatic N) is 4. The molecule has 0 saturated heterocycles. The predicted octanol–water partition coefficient (Wildman–Crippen LogP) is 4.81. The van der Waals surface area contributed by atoms with Crippen molar-refractivity contribution >= 4 is 6.21 Å². The molecule has 0 spiro atoms. The van der Waals surface area contributed by atoms with Crippen molar-refractivity contribution in [2.75, 3.05) is 6.61 Å². The predicted molar refractivity (Wildman–Crippen MR) is 117 cm³/mol. The second-order valence-corrected chi connectivity index (χ2v) is 6.52. The Morgan fingerprint density at radius 3 is 2.43 bits per heavy atom. The average Bonchev–Trinajstić information content (AvgIpc) is 3.27. The van der Waals surface area contributed by atoms with Crippen LogP contribution in [0.1, 0.15) is 18.1 Å². The van der Waals surface area contributed by atoms with E-state index in [4.69, 9.17) is 9.47 Å². The molecule has 1 aromatic heterocycles. The highest BCUT2D eigenvalue weighted by atomic mass is 16.5. The molecule has 1 heterocycles. The quantitative estimate of drug-likeness (QED) is 0.400. The van der Waals surface area contributed by atoms with Crippen molar-refractivity contribution in [3.63, 3.8) is 0 Å². The van der Waals surface area contributed by atoms with Gasteiger partial charge in [0.05, 0.1) is 12.8 Å². The van der Waals surface area contributed by atoms with Gasteiger partial charge >= 0.3 is 0 Å². The van der Waals surface area contributed by atoms with E-state index in [1.165, 1.54) is 0 Å². The third-order valence-corrected chi connectivity index (χ3v) is 4.40. The summed E-state index contributed by atoms with van der Waals surface area (Å²) in [5, 5.41) is 12.7. The van der Waals surface area contributed by atoms with Crippen LogP contribution in [0.15, 0.2) is 90.3 Å². The van der Waals surface area contributed by atoms with Gasteiger partial charge in [0.1, 0.15) is 12.9 Å². The zero-order valence-corrected chi connectivity index (χ0v) is 16.7. The molecular formula is C24H22N4O2. The van der Waals surface area contributed by atoms with Crippen LogP contribution in [0.2, 0.25) is 0 Å². The number of hydrogen-bond donors (Lipinski definition) is 0. The largest absolute Gasteiger partial charge is 0.490 e. The topological polar surface area (TPSA) is 61.5 Å². The Morgan fingerprint density at radius 1 is 0.900 bits per heavy atom. The first-order chi connectivity index (χ1) is 14.8. The number of ether oxygens (including phenoxy) is 2. The Kier molecular flexibility index (Phi) is 6.15. The van der Waals surface area contributed by atoms with Crippen LogP contribution >= 0.6 is 0 Å². The van der Waals surface area contributed by atoms with Crippen LogP contribution in [0.3, 0.4) is 0 Å². The van der Waals surface area contributed by atoms with Crippen LogP contribution in [-0.4, -0.2) is 27.7 Å². The third kappa shape index (κ3) is 4.72. The lowest BCUT2D eigenvalue weighted by Crippen LogP contribution is -2.00. The van der Waals surface area contributed by atoms with E-state index in [-0.39, 0.29) is 0 Å². The average molecular weight is 398 g/mol. The molecule has 0 amide bonds. The number of hydrogen-bond acceptors (Lipinski definition) is 5. The Bertz CT molecular complexity index is 1110. The van der Waals surface area contributed by atoms with Gasteiger partial charge in [-0.25, -0.2) is 0 Å². The first-order valence-corrected chi connectivity index (χ1v) is 9.77. The van der Waals surface area contributed by atoms with Crippen molar-refractivity contribution in [1.82, 2.24) is 14.9 Å². The summed E-state index contributed by atoms with van der Waals surface area (Å²) >= 11 is 0. The smallest absolute Gasteiger partial charge is 0.184 e. The monoisotopic (exact) mass is 398 g/mol. The van der Waals surface area contributed by atoms with E-state index < -0.39 is 0 Å². The summed E-state index contributed by atoms with van der Waals surface area (Å²) < 4.78 is 13.4. The Morgan fingerprint density at radius 2 is 1.67 bits per heavy atom. The SMILES string of the molecule is CCOc1cc(/C=N\n2cnnc2-c2ccccc2)ccc1OCc1ccccc1. The minimum Gasteiger partial charge on any atom is -0.490 e. The van der Waals surface area contributed by atoms with Gasteiger partial charge < -0.3 is 9.47 Å². The molecule has 0 bridgehead atoms. The zero-order valence-electron chi connectivity index (χ0n) is 16.7. The van der Waals surface area contributed by atoms with E-state index in [2.05, 4.69) is 15.3 Å². The van der Waals surface area contributed by atoms with Crippen molar-refractivity contribution in [1.29, 1.82) is 0 Å². The molecule has 4 rings (SSSR count).